The Morgan fingerprint density at radius 2 is 1.68 bits per heavy atom. The van der Waals surface area contributed by atoms with Crippen LogP contribution in [0.1, 0.15) is 19.8 Å². The molecular formula is C13H12O6. The number of allylic oxidation sites excluding steroid dienone is 1. The molecule has 1 aliphatic carbocycles. The van der Waals surface area contributed by atoms with Crippen LogP contribution >= 0.6 is 0 Å². The number of carbonyl (C=O) groups excluding carboxylic acids is 4. The first-order chi connectivity index (χ1) is 8.97. The van der Waals surface area contributed by atoms with Gasteiger partial charge in [0.15, 0.2) is 0 Å². The van der Waals surface area contributed by atoms with Gasteiger partial charge in [-0.15, -0.1) is 0 Å². The fourth-order valence-electron chi connectivity index (χ4n) is 3.18. The van der Waals surface area contributed by atoms with Crippen molar-refractivity contribution in [3.8, 4) is 0 Å². The highest BCUT2D eigenvalue weighted by Gasteiger charge is 2.51. The maximum atomic E-state index is 11.6. The van der Waals surface area contributed by atoms with Gasteiger partial charge in [0.1, 0.15) is 0 Å². The van der Waals surface area contributed by atoms with Crippen LogP contribution in [0.15, 0.2) is 11.6 Å². The van der Waals surface area contributed by atoms with E-state index in [4.69, 9.17) is 0 Å². The summed E-state index contributed by atoms with van der Waals surface area (Å²) in [5, 5.41) is 0. The highest BCUT2D eigenvalue weighted by atomic mass is 16.6. The Morgan fingerprint density at radius 1 is 1.00 bits per heavy atom. The fraction of sp³-hybridized carbons (Fsp3) is 0.538. The predicted octanol–water partition coefficient (Wildman–Crippen LogP) is 0.358. The largest absolute Gasteiger partial charge is 0.393 e. The van der Waals surface area contributed by atoms with Crippen molar-refractivity contribution in [2.75, 3.05) is 0 Å². The molecule has 100 valence electrons. The van der Waals surface area contributed by atoms with Crippen molar-refractivity contribution >= 4 is 23.9 Å². The lowest BCUT2D eigenvalue weighted by Gasteiger charge is -2.27. The molecule has 0 N–H and O–H groups in total. The van der Waals surface area contributed by atoms with Crippen LogP contribution in [0.4, 0.5) is 0 Å². The molecular weight excluding hydrogens is 252 g/mol. The summed E-state index contributed by atoms with van der Waals surface area (Å²) in [7, 11) is 0. The molecule has 0 aromatic heterocycles. The number of carbonyl (C=O) groups is 4. The molecule has 0 unspecified atom stereocenters. The van der Waals surface area contributed by atoms with E-state index < -0.39 is 41.6 Å². The fourth-order valence-corrected chi connectivity index (χ4v) is 3.18. The predicted molar refractivity (Wildman–Crippen MR) is 59.1 cm³/mol. The Bertz CT molecular complexity index is 531. The zero-order chi connectivity index (χ0) is 13.7. The summed E-state index contributed by atoms with van der Waals surface area (Å²) in [4.78, 5) is 45.9. The summed E-state index contributed by atoms with van der Waals surface area (Å²) in [6.07, 6.45) is 2.18. The summed E-state index contributed by atoms with van der Waals surface area (Å²) in [6.45, 7) is 1.74. The molecule has 6 heteroatoms. The molecule has 19 heavy (non-hydrogen) atoms. The smallest absolute Gasteiger partial charge is 0.321 e. The average molecular weight is 264 g/mol. The molecule has 0 spiro atoms. The number of esters is 4. The van der Waals surface area contributed by atoms with Crippen LogP contribution in [0.2, 0.25) is 0 Å². The highest BCUT2D eigenvalue weighted by Crippen LogP contribution is 2.43. The molecule has 4 atom stereocenters. The van der Waals surface area contributed by atoms with E-state index in [0.717, 1.165) is 5.57 Å². The Balaban J connectivity index is 1.89. The molecule has 0 aromatic carbocycles. The monoisotopic (exact) mass is 264 g/mol. The molecule has 6 nitrogen and oxygen atoms in total. The topological polar surface area (TPSA) is 86.7 Å². The minimum absolute atomic E-state index is 0.0354. The lowest BCUT2D eigenvalue weighted by atomic mass is 9.72. The van der Waals surface area contributed by atoms with Crippen LogP contribution < -0.4 is 0 Å². The normalized spacial score (nSPS) is 37.8. The molecule has 2 saturated heterocycles. The minimum Gasteiger partial charge on any atom is -0.393 e. The average Bonchev–Trinajstić information content (AvgIpc) is 2.80. The van der Waals surface area contributed by atoms with Gasteiger partial charge in [-0.1, -0.05) is 11.6 Å². The van der Waals surface area contributed by atoms with Crippen LogP contribution in [0.3, 0.4) is 0 Å². The first kappa shape index (κ1) is 12.1. The first-order valence-corrected chi connectivity index (χ1v) is 6.15. The maximum Gasteiger partial charge on any atom is 0.321 e. The molecule has 3 aliphatic rings. The van der Waals surface area contributed by atoms with Crippen LogP contribution in [-0.4, -0.2) is 23.9 Å². The zero-order valence-corrected chi connectivity index (χ0v) is 10.3. The van der Waals surface area contributed by atoms with Crippen molar-refractivity contribution in [2.45, 2.75) is 19.8 Å². The van der Waals surface area contributed by atoms with Gasteiger partial charge >= 0.3 is 23.9 Å². The van der Waals surface area contributed by atoms with Crippen molar-refractivity contribution in [1.29, 1.82) is 0 Å². The third-order valence-electron chi connectivity index (χ3n) is 4.07. The second-order valence-corrected chi connectivity index (χ2v) is 5.24. The lowest BCUT2D eigenvalue weighted by molar-refractivity contribution is -0.155. The SMILES string of the molecule is CC1=C[C@@H]([C@@H]2CC(=O)OC2=O)C[C@H]2C(=O)OC(=O)[C@H]12. The van der Waals surface area contributed by atoms with E-state index in [1.807, 2.05) is 0 Å². The van der Waals surface area contributed by atoms with Crippen molar-refractivity contribution in [3.05, 3.63) is 11.6 Å². The van der Waals surface area contributed by atoms with E-state index in [9.17, 15) is 19.2 Å². The quantitative estimate of drug-likeness (QED) is 0.386. The second kappa shape index (κ2) is 4.01. The van der Waals surface area contributed by atoms with Crippen molar-refractivity contribution < 1.29 is 28.7 Å². The molecule has 2 heterocycles. The van der Waals surface area contributed by atoms with Gasteiger partial charge < -0.3 is 9.47 Å². The standard InChI is InChI=1S/C13H12O6/c1-5-2-6(7-4-9(14)18-11(7)15)3-8-10(5)13(17)19-12(8)16/h2,6-8,10H,3-4H2,1H3/t6-,7+,8-,10-/m1/s1. The number of rotatable bonds is 1. The molecule has 2 fully saturated rings. The summed E-state index contributed by atoms with van der Waals surface area (Å²) in [5.74, 6) is -4.01. The summed E-state index contributed by atoms with van der Waals surface area (Å²) in [5.41, 5.74) is 0.726. The summed E-state index contributed by atoms with van der Waals surface area (Å²) in [6, 6.07) is 0. The Hall–Kier alpha value is -1.98. The molecule has 2 aliphatic heterocycles. The number of cyclic esters (lactones) is 4. The minimum atomic E-state index is -0.549. The highest BCUT2D eigenvalue weighted by molar-refractivity contribution is 5.99. The van der Waals surface area contributed by atoms with E-state index >= 15 is 0 Å². The number of fused-ring (bicyclic) bond motifs is 1. The van der Waals surface area contributed by atoms with Crippen LogP contribution in [0, 0.1) is 23.7 Å². The van der Waals surface area contributed by atoms with E-state index in [2.05, 4.69) is 9.47 Å². The Kier molecular flexibility index (Phi) is 2.55. The first-order valence-electron chi connectivity index (χ1n) is 6.15. The van der Waals surface area contributed by atoms with Crippen molar-refractivity contribution in [2.24, 2.45) is 23.7 Å². The molecule has 3 rings (SSSR count). The molecule has 0 amide bonds. The van der Waals surface area contributed by atoms with E-state index in [1.54, 1.807) is 13.0 Å². The van der Waals surface area contributed by atoms with E-state index in [1.165, 1.54) is 0 Å². The number of hydrogen-bond donors (Lipinski definition) is 0. The Morgan fingerprint density at radius 3 is 2.32 bits per heavy atom. The van der Waals surface area contributed by atoms with Gasteiger partial charge in [-0.2, -0.15) is 0 Å². The van der Waals surface area contributed by atoms with Gasteiger partial charge in [0.2, 0.25) is 0 Å². The van der Waals surface area contributed by atoms with Gasteiger partial charge in [-0.25, -0.2) is 0 Å². The van der Waals surface area contributed by atoms with E-state index in [-0.39, 0.29) is 12.3 Å². The molecule has 0 radical (unpaired) electrons. The number of hydrogen-bond acceptors (Lipinski definition) is 6. The van der Waals surface area contributed by atoms with Gasteiger partial charge in [-0.05, 0) is 19.3 Å². The zero-order valence-electron chi connectivity index (χ0n) is 10.3. The van der Waals surface area contributed by atoms with Gasteiger partial charge in [0.05, 0.1) is 24.2 Å². The van der Waals surface area contributed by atoms with Crippen LogP contribution in [-0.2, 0) is 28.7 Å². The second-order valence-electron chi connectivity index (χ2n) is 5.24. The molecule has 0 bridgehead atoms. The summed E-state index contributed by atoms with van der Waals surface area (Å²) >= 11 is 0. The molecule has 0 saturated carbocycles. The maximum absolute atomic E-state index is 11.6. The third-order valence-corrected chi connectivity index (χ3v) is 4.07. The van der Waals surface area contributed by atoms with Crippen molar-refractivity contribution in [3.63, 3.8) is 0 Å². The number of ether oxygens (including phenoxy) is 2. The molecule has 0 aromatic rings. The van der Waals surface area contributed by atoms with Crippen molar-refractivity contribution in [1.82, 2.24) is 0 Å². The van der Waals surface area contributed by atoms with Gasteiger partial charge in [0.25, 0.3) is 0 Å². The lowest BCUT2D eigenvalue weighted by Crippen LogP contribution is -2.31. The third kappa shape index (κ3) is 1.78. The van der Waals surface area contributed by atoms with E-state index in [0.29, 0.717) is 6.42 Å². The van der Waals surface area contributed by atoms with Crippen LogP contribution in [0.25, 0.3) is 0 Å². The van der Waals surface area contributed by atoms with Crippen LogP contribution in [0.5, 0.6) is 0 Å². The van der Waals surface area contributed by atoms with Gasteiger partial charge in [0, 0.05) is 0 Å². The Labute approximate surface area is 108 Å². The summed E-state index contributed by atoms with van der Waals surface area (Å²) < 4.78 is 9.17. The van der Waals surface area contributed by atoms with Gasteiger partial charge in [-0.3, -0.25) is 19.2 Å².